The minimum absolute atomic E-state index is 0.308. The van der Waals surface area contributed by atoms with E-state index in [1.165, 1.54) is 5.56 Å². The molecule has 2 atom stereocenters. The van der Waals surface area contributed by atoms with E-state index in [-0.39, 0.29) is 6.10 Å². The van der Waals surface area contributed by atoms with Crippen LogP contribution in [0.2, 0.25) is 0 Å². The van der Waals surface area contributed by atoms with Crippen LogP contribution in [0, 0.1) is 5.92 Å². The standard InChI is InChI=1S/C11H13BrOS/c1-7-5-14-6-9-8(11(7)13)3-2-4-10(9)12/h2-4,7,11,13H,5-6H2,1H3. The van der Waals surface area contributed by atoms with Crippen LogP contribution in [0.1, 0.15) is 24.2 Å². The van der Waals surface area contributed by atoms with Crippen LogP contribution in [0.25, 0.3) is 0 Å². The Bertz CT molecular complexity index is 340. The van der Waals surface area contributed by atoms with Crippen LogP contribution >= 0.6 is 27.7 Å². The number of rotatable bonds is 0. The van der Waals surface area contributed by atoms with Gasteiger partial charge in [0.05, 0.1) is 6.10 Å². The topological polar surface area (TPSA) is 20.2 Å². The van der Waals surface area contributed by atoms with Crippen LogP contribution in [-0.4, -0.2) is 10.9 Å². The predicted octanol–water partition coefficient (Wildman–Crippen LogP) is 3.37. The van der Waals surface area contributed by atoms with E-state index in [1.54, 1.807) is 0 Å². The van der Waals surface area contributed by atoms with Gasteiger partial charge < -0.3 is 5.11 Å². The van der Waals surface area contributed by atoms with Crippen molar-refractivity contribution >= 4 is 27.7 Å². The summed E-state index contributed by atoms with van der Waals surface area (Å²) in [5, 5.41) is 10.1. The molecule has 0 fully saturated rings. The summed E-state index contributed by atoms with van der Waals surface area (Å²) in [5.41, 5.74) is 2.35. The maximum atomic E-state index is 10.1. The number of aliphatic hydroxyl groups excluding tert-OH is 1. The monoisotopic (exact) mass is 272 g/mol. The van der Waals surface area contributed by atoms with Gasteiger partial charge in [-0.1, -0.05) is 35.0 Å². The number of aliphatic hydroxyl groups is 1. The van der Waals surface area contributed by atoms with Crippen LogP contribution in [-0.2, 0) is 5.75 Å². The molecule has 76 valence electrons. The lowest BCUT2D eigenvalue weighted by molar-refractivity contribution is 0.129. The summed E-state index contributed by atoms with van der Waals surface area (Å²) in [6, 6.07) is 6.07. The van der Waals surface area contributed by atoms with E-state index >= 15 is 0 Å². The summed E-state index contributed by atoms with van der Waals surface area (Å²) >= 11 is 5.43. The second kappa shape index (κ2) is 4.25. The molecule has 1 aromatic rings. The molecule has 0 saturated carbocycles. The van der Waals surface area contributed by atoms with Crippen molar-refractivity contribution in [2.75, 3.05) is 5.75 Å². The van der Waals surface area contributed by atoms with Crippen LogP contribution in [0.5, 0.6) is 0 Å². The van der Waals surface area contributed by atoms with Crippen LogP contribution in [0.15, 0.2) is 22.7 Å². The van der Waals surface area contributed by atoms with Crippen molar-refractivity contribution in [3.8, 4) is 0 Å². The average Bonchev–Trinajstić information content (AvgIpc) is 2.31. The number of thioether (sulfide) groups is 1. The van der Waals surface area contributed by atoms with Crippen molar-refractivity contribution < 1.29 is 5.11 Å². The molecule has 0 aromatic heterocycles. The van der Waals surface area contributed by atoms with E-state index in [2.05, 4.69) is 22.9 Å². The molecule has 1 N–H and O–H groups in total. The molecule has 2 unspecified atom stereocenters. The fourth-order valence-electron chi connectivity index (χ4n) is 1.75. The van der Waals surface area contributed by atoms with Gasteiger partial charge in [0.15, 0.2) is 0 Å². The SMILES string of the molecule is CC1CSCc2c(Br)cccc2C1O. The van der Waals surface area contributed by atoms with Gasteiger partial charge in [-0.15, -0.1) is 0 Å². The Morgan fingerprint density at radius 1 is 1.50 bits per heavy atom. The first-order valence-corrected chi connectivity index (χ1v) is 6.68. The van der Waals surface area contributed by atoms with Gasteiger partial charge in [-0.05, 0) is 28.9 Å². The summed E-state index contributed by atoms with van der Waals surface area (Å²) in [7, 11) is 0. The van der Waals surface area contributed by atoms with E-state index in [0.29, 0.717) is 5.92 Å². The Morgan fingerprint density at radius 2 is 2.29 bits per heavy atom. The lowest BCUT2D eigenvalue weighted by Gasteiger charge is -2.17. The summed E-state index contributed by atoms with van der Waals surface area (Å²) in [6.45, 7) is 2.10. The molecule has 0 aliphatic carbocycles. The van der Waals surface area contributed by atoms with Crippen molar-refractivity contribution in [3.05, 3.63) is 33.8 Å². The molecular weight excluding hydrogens is 260 g/mol. The number of benzene rings is 1. The van der Waals surface area contributed by atoms with Gasteiger partial charge in [0.2, 0.25) is 0 Å². The third kappa shape index (κ3) is 1.86. The largest absolute Gasteiger partial charge is 0.388 e. The highest BCUT2D eigenvalue weighted by atomic mass is 79.9. The fourth-order valence-corrected chi connectivity index (χ4v) is 3.65. The first kappa shape index (κ1) is 10.5. The molecule has 3 heteroatoms. The van der Waals surface area contributed by atoms with Crippen LogP contribution in [0.4, 0.5) is 0 Å². The Labute approximate surface area is 97.0 Å². The maximum absolute atomic E-state index is 10.1. The fraction of sp³-hybridized carbons (Fsp3) is 0.455. The van der Waals surface area contributed by atoms with Gasteiger partial charge in [0.1, 0.15) is 0 Å². The molecule has 1 nitrogen and oxygen atoms in total. The van der Waals surface area contributed by atoms with Crippen molar-refractivity contribution in [3.63, 3.8) is 0 Å². The van der Waals surface area contributed by atoms with Gasteiger partial charge in [0, 0.05) is 10.2 Å². The number of halogens is 1. The molecule has 2 rings (SSSR count). The molecule has 1 aliphatic heterocycles. The van der Waals surface area contributed by atoms with Crippen LogP contribution in [0.3, 0.4) is 0 Å². The Hall–Kier alpha value is 0.01000. The Balaban J connectivity index is 2.48. The highest BCUT2D eigenvalue weighted by molar-refractivity contribution is 9.10. The van der Waals surface area contributed by atoms with Gasteiger partial charge in [-0.3, -0.25) is 0 Å². The number of hydrogen-bond donors (Lipinski definition) is 1. The lowest BCUT2D eigenvalue weighted by Crippen LogP contribution is -2.10. The lowest BCUT2D eigenvalue weighted by atomic mass is 9.95. The van der Waals surface area contributed by atoms with Crippen LogP contribution < -0.4 is 0 Å². The minimum Gasteiger partial charge on any atom is -0.388 e. The number of hydrogen-bond acceptors (Lipinski definition) is 2. The molecule has 0 spiro atoms. The average molecular weight is 273 g/mol. The number of fused-ring (bicyclic) bond motifs is 1. The Kier molecular flexibility index (Phi) is 3.20. The highest BCUT2D eigenvalue weighted by Crippen LogP contribution is 2.37. The zero-order valence-corrected chi connectivity index (χ0v) is 10.4. The normalized spacial score (nSPS) is 26.8. The summed E-state index contributed by atoms with van der Waals surface area (Å²) in [5.74, 6) is 2.37. The second-order valence-corrected chi connectivity index (χ2v) is 5.63. The zero-order valence-electron chi connectivity index (χ0n) is 8.03. The Morgan fingerprint density at radius 3 is 3.07 bits per heavy atom. The minimum atomic E-state index is -0.308. The first-order valence-electron chi connectivity index (χ1n) is 4.73. The summed E-state index contributed by atoms with van der Waals surface area (Å²) < 4.78 is 1.12. The molecule has 0 radical (unpaired) electrons. The molecule has 0 saturated heterocycles. The van der Waals surface area contributed by atoms with Gasteiger partial charge >= 0.3 is 0 Å². The van der Waals surface area contributed by atoms with E-state index in [4.69, 9.17) is 0 Å². The summed E-state index contributed by atoms with van der Waals surface area (Å²) in [6.07, 6.45) is -0.308. The zero-order chi connectivity index (χ0) is 10.1. The smallest absolute Gasteiger partial charge is 0.0826 e. The van der Waals surface area contributed by atoms with E-state index in [0.717, 1.165) is 21.5 Å². The summed E-state index contributed by atoms with van der Waals surface area (Å²) in [4.78, 5) is 0. The molecular formula is C11H13BrOS. The quantitative estimate of drug-likeness (QED) is 0.782. The van der Waals surface area contributed by atoms with Gasteiger partial charge in [-0.2, -0.15) is 11.8 Å². The first-order chi connectivity index (χ1) is 6.70. The van der Waals surface area contributed by atoms with E-state index < -0.39 is 0 Å². The van der Waals surface area contributed by atoms with Crippen molar-refractivity contribution in [1.82, 2.24) is 0 Å². The molecule has 1 aromatic carbocycles. The van der Waals surface area contributed by atoms with E-state index in [9.17, 15) is 5.11 Å². The molecule has 0 bridgehead atoms. The maximum Gasteiger partial charge on any atom is 0.0826 e. The second-order valence-electron chi connectivity index (χ2n) is 3.74. The van der Waals surface area contributed by atoms with Gasteiger partial charge in [0.25, 0.3) is 0 Å². The molecule has 0 amide bonds. The third-order valence-corrected chi connectivity index (χ3v) is 4.64. The third-order valence-electron chi connectivity index (χ3n) is 2.64. The molecule has 1 aliphatic rings. The molecule has 14 heavy (non-hydrogen) atoms. The van der Waals surface area contributed by atoms with Gasteiger partial charge in [-0.25, -0.2) is 0 Å². The van der Waals surface area contributed by atoms with E-state index in [1.807, 2.05) is 30.0 Å². The molecule has 1 heterocycles. The van der Waals surface area contributed by atoms with Crippen molar-refractivity contribution in [2.24, 2.45) is 5.92 Å². The highest BCUT2D eigenvalue weighted by Gasteiger charge is 2.23. The van der Waals surface area contributed by atoms with Crippen molar-refractivity contribution in [1.29, 1.82) is 0 Å². The predicted molar refractivity (Wildman–Crippen MR) is 64.4 cm³/mol. The van der Waals surface area contributed by atoms with Crippen molar-refractivity contribution in [2.45, 2.75) is 18.8 Å².